The van der Waals surface area contributed by atoms with E-state index < -0.39 is 29.7 Å². The third-order valence-corrected chi connectivity index (χ3v) is 3.71. The van der Waals surface area contributed by atoms with Gasteiger partial charge in [0.05, 0.1) is 17.3 Å². The number of aromatic nitrogens is 2. The molecule has 134 valence electrons. The molecule has 26 heavy (non-hydrogen) atoms. The SMILES string of the molecule is O=C(NC(C(=O)O)c1cccc(C(F)(F)F)c1)c1ncc2ccccn12. The second kappa shape index (κ2) is 6.51. The van der Waals surface area contributed by atoms with Crippen LogP contribution in [-0.2, 0) is 11.0 Å². The lowest BCUT2D eigenvalue weighted by Crippen LogP contribution is -2.35. The Morgan fingerprint density at radius 1 is 1.15 bits per heavy atom. The van der Waals surface area contributed by atoms with Crippen molar-refractivity contribution in [2.24, 2.45) is 0 Å². The van der Waals surface area contributed by atoms with E-state index in [1.54, 1.807) is 24.4 Å². The van der Waals surface area contributed by atoms with Gasteiger partial charge < -0.3 is 10.4 Å². The second-order valence-corrected chi connectivity index (χ2v) is 5.45. The predicted molar refractivity (Wildman–Crippen MR) is 84.5 cm³/mol. The molecule has 0 saturated heterocycles. The standard InChI is InChI=1S/C17H12F3N3O3/c18-17(19,20)11-5-3-4-10(8-11)13(16(25)26)22-15(24)14-21-9-12-6-1-2-7-23(12)14/h1-9,13H,(H,22,24)(H,25,26). The molecule has 0 spiro atoms. The summed E-state index contributed by atoms with van der Waals surface area (Å²) in [7, 11) is 0. The van der Waals surface area contributed by atoms with Gasteiger partial charge in [0.1, 0.15) is 0 Å². The van der Waals surface area contributed by atoms with Crippen LogP contribution in [0.5, 0.6) is 0 Å². The summed E-state index contributed by atoms with van der Waals surface area (Å²) >= 11 is 0. The van der Waals surface area contributed by atoms with Gasteiger partial charge in [-0.3, -0.25) is 9.20 Å². The molecule has 1 aromatic carbocycles. The highest BCUT2D eigenvalue weighted by Crippen LogP contribution is 2.30. The highest BCUT2D eigenvalue weighted by Gasteiger charge is 2.32. The first-order valence-electron chi connectivity index (χ1n) is 7.40. The number of hydrogen-bond donors (Lipinski definition) is 2. The number of aliphatic carboxylic acids is 1. The van der Waals surface area contributed by atoms with E-state index in [4.69, 9.17) is 0 Å². The smallest absolute Gasteiger partial charge is 0.416 e. The minimum Gasteiger partial charge on any atom is -0.479 e. The number of rotatable bonds is 4. The molecule has 3 rings (SSSR count). The van der Waals surface area contributed by atoms with Crippen molar-refractivity contribution in [3.05, 3.63) is 71.8 Å². The van der Waals surface area contributed by atoms with Gasteiger partial charge in [0.15, 0.2) is 6.04 Å². The molecule has 0 aliphatic carbocycles. The highest BCUT2D eigenvalue weighted by molar-refractivity contribution is 5.94. The molecule has 2 heterocycles. The Balaban J connectivity index is 1.92. The highest BCUT2D eigenvalue weighted by atomic mass is 19.4. The summed E-state index contributed by atoms with van der Waals surface area (Å²) in [6, 6.07) is 7.26. The van der Waals surface area contributed by atoms with Crippen molar-refractivity contribution in [3.63, 3.8) is 0 Å². The number of fused-ring (bicyclic) bond motifs is 1. The number of carbonyl (C=O) groups is 2. The van der Waals surface area contributed by atoms with Gasteiger partial charge in [0, 0.05) is 6.20 Å². The average molecular weight is 363 g/mol. The van der Waals surface area contributed by atoms with E-state index in [-0.39, 0.29) is 11.4 Å². The molecule has 1 atom stereocenters. The first-order chi connectivity index (χ1) is 12.3. The van der Waals surface area contributed by atoms with E-state index >= 15 is 0 Å². The van der Waals surface area contributed by atoms with Gasteiger partial charge in [-0.05, 0) is 29.8 Å². The largest absolute Gasteiger partial charge is 0.479 e. The third-order valence-electron chi connectivity index (χ3n) is 3.71. The number of benzene rings is 1. The summed E-state index contributed by atoms with van der Waals surface area (Å²) in [6.07, 6.45) is -1.63. The maximum Gasteiger partial charge on any atom is 0.416 e. The number of carboxylic acid groups (broad SMARTS) is 1. The van der Waals surface area contributed by atoms with Crippen molar-refractivity contribution in [1.82, 2.24) is 14.7 Å². The number of halogens is 3. The predicted octanol–water partition coefficient (Wildman–Crippen LogP) is 2.91. The number of nitrogens with one attached hydrogen (secondary N) is 1. The molecule has 0 aliphatic heterocycles. The van der Waals surface area contributed by atoms with E-state index in [0.717, 1.165) is 12.1 Å². The first kappa shape index (κ1) is 17.5. The van der Waals surface area contributed by atoms with Crippen molar-refractivity contribution in [2.75, 3.05) is 0 Å². The molecule has 0 aliphatic rings. The minimum atomic E-state index is -4.62. The van der Waals surface area contributed by atoms with Crippen molar-refractivity contribution in [2.45, 2.75) is 12.2 Å². The van der Waals surface area contributed by atoms with E-state index in [9.17, 15) is 27.9 Å². The number of carbonyl (C=O) groups excluding carboxylic acids is 1. The maximum atomic E-state index is 12.8. The fourth-order valence-electron chi connectivity index (χ4n) is 2.49. The first-order valence-corrected chi connectivity index (χ1v) is 7.40. The molecule has 2 aromatic heterocycles. The normalized spacial score (nSPS) is 12.7. The number of hydrogen-bond acceptors (Lipinski definition) is 3. The van der Waals surface area contributed by atoms with E-state index in [1.807, 2.05) is 0 Å². The summed E-state index contributed by atoms with van der Waals surface area (Å²) in [4.78, 5) is 27.9. The van der Waals surface area contributed by atoms with Crippen molar-refractivity contribution in [1.29, 1.82) is 0 Å². The number of pyridine rings is 1. The van der Waals surface area contributed by atoms with E-state index in [2.05, 4.69) is 10.3 Å². The van der Waals surface area contributed by atoms with Gasteiger partial charge in [0.25, 0.3) is 5.91 Å². The lowest BCUT2D eigenvalue weighted by atomic mass is 10.0. The summed E-state index contributed by atoms with van der Waals surface area (Å²) in [6.45, 7) is 0. The Morgan fingerprint density at radius 3 is 2.62 bits per heavy atom. The molecule has 0 saturated carbocycles. The second-order valence-electron chi connectivity index (χ2n) is 5.45. The lowest BCUT2D eigenvalue weighted by Gasteiger charge is -2.16. The summed E-state index contributed by atoms with van der Waals surface area (Å²) in [5.41, 5.74) is -0.577. The Bertz CT molecular complexity index is 982. The van der Waals surface area contributed by atoms with E-state index in [1.165, 1.54) is 16.7 Å². The quantitative estimate of drug-likeness (QED) is 0.747. The van der Waals surface area contributed by atoms with Crippen LogP contribution in [0.1, 0.15) is 27.8 Å². The van der Waals surface area contributed by atoms with Crippen LogP contribution in [0, 0.1) is 0 Å². The molecule has 9 heteroatoms. The van der Waals surface area contributed by atoms with Gasteiger partial charge in [-0.1, -0.05) is 18.2 Å². The van der Waals surface area contributed by atoms with Crippen LogP contribution in [0.15, 0.2) is 54.9 Å². The van der Waals surface area contributed by atoms with Gasteiger partial charge >= 0.3 is 12.1 Å². The number of carboxylic acids is 1. The van der Waals surface area contributed by atoms with Gasteiger partial charge in [-0.25, -0.2) is 9.78 Å². The lowest BCUT2D eigenvalue weighted by molar-refractivity contribution is -0.140. The number of nitrogens with zero attached hydrogens (tertiary/aromatic N) is 2. The molecule has 0 bridgehead atoms. The zero-order valence-electron chi connectivity index (χ0n) is 13.1. The molecule has 6 nitrogen and oxygen atoms in total. The fraction of sp³-hybridized carbons (Fsp3) is 0.118. The Labute approximate surface area is 144 Å². The Hall–Kier alpha value is -3.36. The summed E-state index contributed by atoms with van der Waals surface area (Å²) in [5.74, 6) is -2.38. The summed E-state index contributed by atoms with van der Waals surface area (Å²) < 4.78 is 40.0. The van der Waals surface area contributed by atoms with Crippen molar-refractivity contribution >= 4 is 17.4 Å². The maximum absolute atomic E-state index is 12.8. The van der Waals surface area contributed by atoms with Crippen LogP contribution in [0.4, 0.5) is 13.2 Å². The number of amides is 1. The van der Waals surface area contributed by atoms with Gasteiger partial charge in [-0.15, -0.1) is 0 Å². The van der Waals surface area contributed by atoms with Crippen molar-refractivity contribution in [3.8, 4) is 0 Å². The third kappa shape index (κ3) is 3.37. The summed E-state index contributed by atoms with van der Waals surface area (Å²) in [5, 5.41) is 11.6. The molecular weight excluding hydrogens is 351 g/mol. The Morgan fingerprint density at radius 2 is 1.92 bits per heavy atom. The minimum absolute atomic E-state index is 0.0705. The molecule has 1 unspecified atom stereocenters. The topological polar surface area (TPSA) is 83.7 Å². The van der Waals surface area contributed by atoms with Crippen molar-refractivity contribution < 1.29 is 27.9 Å². The fourth-order valence-corrected chi connectivity index (χ4v) is 2.49. The van der Waals surface area contributed by atoms with Crippen LogP contribution in [-0.4, -0.2) is 26.4 Å². The van der Waals surface area contributed by atoms with Crippen LogP contribution in [0.3, 0.4) is 0 Å². The zero-order chi connectivity index (χ0) is 18.9. The number of imidazole rings is 1. The van der Waals surface area contributed by atoms with Crippen LogP contribution in [0.2, 0.25) is 0 Å². The molecule has 1 amide bonds. The molecular formula is C17H12F3N3O3. The molecule has 0 radical (unpaired) electrons. The van der Waals surface area contributed by atoms with Crippen LogP contribution < -0.4 is 5.32 Å². The number of alkyl halides is 3. The molecule has 3 aromatic rings. The van der Waals surface area contributed by atoms with Crippen LogP contribution >= 0.6 is 0 Å². The monoisotopic (exact) mass is 363 g/mol. The van der Waals surface area contributed by atoms with Crippen LogP contribution in [0.25, 0.3) is 5.52 Å². The van der Waals surface area contributed by atoms with Gasteiger partial charge in [0.2, 0.25) is 5.82 Å². The van der Waals surface area contributed by atoms with Gasteiger partial charge in [-0.2, -0.15) is 13.2 Å². The Kier molecular flexibility index (Phi) is 4.37. The molecule has 0 fully saturated rings. The molecule has 2 N–H and O–H groups in total. The average Bonchev–Trinajstić information content (AvgIpc) is 3.03. The van der Waals surface area contributed by atoms with E-state index in [0.29, 0.717) is 11.6 Å². The zero-order valence-corrected chi connectivity index (χ0v) is 13.1.